The largest absolute Gasteiger partial charge is 0.339 e. The van der Waals surface area contributed by atoms with Gasteiger partial charge in [-0.1, -0.05) is 15.9 Å². The molecule has 3 heterocycles. The molecule has 4 atom stereocenters. The Bertz CT molecular complexity index is 436. The second kappa shape index (κ2) is 6.56. The molecule has 0 aromatic heterocycles. The number of hydrogen-bond acceptors (Lipinski definition) is 3. The molecule has 0 N–H and O–H groups in total. The molecule has 0 aliphatic carbocycles. The van der Waals surface area contributed by atoms with Crippen molar-refractivity contribution in [3.8, 4) is 6.19 Å². The maximum Gasteiger partial charge on any atom is 0.222 e. The number of carbonyl (C=O) groups is 1. The molecule has 0 aromatic rings. The lowest BCUT2D eigenvalue weighted by Crippen LogP contribution is -2.64. The molecule has 1 amide bonds. The van der Waals surface area contributed by atoms with Crippen LogP contribution in [0.3, 0.4) is 0 Å². The number of alkyl halides is 1. The molecule has 0 bridgehead atoms. The number of likely N-dealkylation sites (tertiary alicyclic amines) is 1. The van der Waals surface area contributed by atoms with Gasteiger partial charge in [0.15, 0.2) is 6.19 Å². The standard InChI is InChI=1S/C16H24BrN3O/c17-8-2-4-12-10-20-14(6-1-7-15(20)21)13-5-3-9-19(11-18)16(12)13/h12-14,16H,1-10H2. The molecule has 3 aliphatic rings. The van der Waals surface area contributed by atoms with Crippen molar-refractivity contribution in [2.75, 3.05) is 18.4 Å². The van der Waals surface area contributed by atoms with Gasteiger partial charge < -0.3 is 9.80 Å². The lowest BCUT2D eigenvalue weighted by molar-refractivity contribution is -0.146. The minimum atomic E-state index is 0.350. The summed E-state index contributed by atoms with van der Waals surface area (Å²) in [5.41, 5.74) is 0. The average Bonchev–Trinajstić information content (AvgIpc) is 2.52. The van der Waals surface area contributed by atoms with Gasteiger partial charge in [-0.3, -0.25) is 4.79 Å². The van der Waals surface area contributed by atoms with Crippen LogP contribution in [0.4, 0.5) is 0 Å². The maximum atomic E-state index is 12.3. The molecule has 4 nitrogen and oxygen atoms in total. The van der Waals surface area contributed by atoms with Crippen molar-refractivity contribution < 1.29 is 4.79 Å². The molecule has 0 aromatic carbocycles. The van der Waals surface area contributed by atoms with Crippen molar-refractivity contribution in [2.24, 2.45) is 11.8 Å². The zero-order chi connectivity index (χ0) is 14.8. The zero-order valence-corrected chi connectivity index (χ0v) is 14.1. The number of hydrogen-bond donors (Lipinski definition) is 0. The van der Waals surface area contributed by atoms with E-state index in [4.69, 9.17) is 0 Å². The average molecular weight is 354 g/mol. The number of carbonyl (C=O) groups excluding carboxylic acids is 1. The van der Waals surface area contributed by atoms with Crippen LogP contribution >= 0.6 is 15.9 Å². The van der Waals surface area contributed by atoms with E-state index >= 15 is 0 Å². The van der Waals surface area contributed by atoms with Gasteiger partial charge in [-0.25, -0.2) is 0 Å². The molecular weight excluding hydrogens is 330 g/mol. The van der Waals surface area contributed by atoms with Crippen molar-refractivity contribution in [1.82, 2.24) is 9.80 Å². The normalized spacial score (nSPS) is 35.9. The Hall–Kier alpha value is -0.760. The molecule has 3 rings (SSSR count). The predicted molar refractivity (Wildman–Crippen MR) is 84.7 cm³/mol. The number of nitrogens with zero attached hydrogens (tertiary/aromatic N) is 3. The first-order valence-corrected chi connectivity index (χ1v) is 9.40. The summed E-state index contributed by atoms with van der Waals surface area (Å²) in [6, 6.07) is 0.766. The summed E-state index contributed by atoms with van der Waals surface area (Å²) in [4.78, 5) is 16.5. The number of nitriles is 1. The summed E-state index contributed by atoms with van der Waals surface area (Å²) in [5, 5.41) is 10.5. The van der Waals surface area contributed by atoms with Crippen LogP contribution in [0, 0.1) is 23.3 Å². The van der Waals surface area contributed by atoms with E-state index in [0.717, 1.165) is 56.9 Å². The highest BCUT2D eigenvalue weighted by Gasteiger charge is 2.49. The Morgan fingerprint density at radius 1 is 1.33 bits per heavy atom. The van der Waals surface area contributed by atoms with Crippen LogP contribution in [0.2, 0.25) is 0 Å². The van der Waals surface area contributed by atoms with Gasteiger partial charge in [0.1, 0.15) is 0 Å². The van der Waals surface area contributed by atoms with Crippen molar-refractivity contribution in [2.45, 2.75) is 57.0 Å². The molecule has 3 saturated heterocycles. The van der Waals surface area contributed by atoms with E-state index < -0.39 is 0 Å². The molecule has 3 aliphatic heterocycles. The van der Waals surface area contributed by atoms with E-state index in [-0.39, 0.29) is 0 Å². The summed E-state index contributed by atoms with van der Waals surface area (Å²) in [7, 11) is 0. The highest BCUT2D eigenvalue weighted by Crippen LogP contribution is 2.42. The Morgan fingerprint density at radius 2 is 2.19 bits per heavy atom. The molecule has 0 radical (unpaired) electrons. The van der Waals surface area contributed by atoms with Gasteiger partial charge in [0.25, 0.3) is 0 Å². The minimum absolute atomic E-state index is 0.350. The first kappa shape index (κ1) is 15.1. The van der Waals surface area contributed by atoms with Crippen LogP contribution in [0.1, 0.15) is 44.9 Å². The van der Waals surface area contributed by atoms with Gasteiger partial charge in [0.05, 0.1) is 0 Å². The Labute approximate surface area is 135 Å². The van der Waals surface area contributed by atoms with E-state index in [9.17, 15) is 10.1 Å². The summed E-state index contributed by atoms with van der Waals surface area (Å²) in [6.45, 7) is 1.78. The van der Waals surface area contributed by atoms with Crippen molar-refractivity contribution >= 4 is 21.8 Å². The fraction of sp³-hybridized carbons (Fsp3) is 0.875. The highest BCUT2D eigenvalue weighted by molar-refractivity contribution is 9.09. The van der Waals surface area contributed by atoms with Gasteiger partial charge in [-0.2, -0.15) is 5.26 Å². The number of piperidine rings is 3. The summed E-state index contributed by atoms with van der Waals surface area (Å²) in [6.07, 6.45) is 9.84. The first-order chi connectivity index (χ1) is 10.3. The van der Waals surface area contributed by atoms with Crippen LogP contribution in [0.5, 0.6) is 0 Å². The molecular formula is C16H24BrN3O. The smallest absolute Gasteiger partial charge is 0.222 e. The zero-order valence-electron chi connectivity index (χ0n) is 12.5. The minimum Gasteiger partial charge on any atom is -0.339 e. The van der Waals surface area contributed by atoms with Gasteiger partial charge in [0.2, 0.25) is 5.91 Å². The number of halogens is 1. The van der Waals surface area contributed by atoms with Crippen LogP contribution < -0.4 is 0 Å². The fourth-order valence-electron chi connectivity index (χ4n) is 4.78. The predicted octanol–water partition coefficient (Wildman–Crippen LogP) is 2.73. The van der Waals surface area contributed by atoms with Gasteiger partial charge >= 0.3 is 0 Å². The third kappa shape index (κ3) is 2.79. The third-order valence-corrected chi connectivity index (χ3v) is 6.15. The van der Waals surface area contributed by atoms with Gasteiger partial charge in [0, 0.05) is 42.8 Å². The quantitative estimate of drug-likeness (QED) is 0.578. The Kier molecular flexibility index (Phi) is 4.73. The molecule has 3 fully saturated rings. The van der Waals surface area contributed by atoms with Crippen LogP contribution in [-0.4, -0.2) is 46.2 Å². The second-order valence-corrected chi connectivity index (χ2v) is 7.48. The van der Waals surface area contributed by atoms with E-state index in [1.807, 2.05) is 4.90 Å². The van der Waals surface area contributed by atoms with Crippen molar-refractivity contribution in [3.05, 3.63) is 0 Å². The van der Waals surface area contributed by atoms with Crippen LogP contribution in [0.15, 0.2) is 0 Å². The second-order valence-electron chi connectivity index (χ2n) is 6.69. The van der Waals surface area contributed by atoms with Crippen molar-refractivity contribution in [1.29, 1.82) is 5.26 Å². The molecule has 0 saturated carbocycles. The lowest BCUT2D eigenvalue weighted by Gasteiger charge is -2.55. The van der Waals surface area contributed by atoms with Crippen LogP contribution in [-0.2, 0) is 4.79 Å². The molecule has 0 spiro atoms. The molecule has 5 heteroatoms. The number of amides is 1. The third-order valence-electron chi connectivity index (χ3n) is 5.59. The lowest BCUT2D eigenvalue weighted by atomic mass is 9.69. The van der Waals surface area contributed by atoms with Crippen LogP contribution in [0.25, 0.3) is 0 Å². The highest BCUT2D eigenvalue weighted by atomic mass is 79.9. The number of fused-ring (bicyclic) bond motifs is 3. The SMILES string of the molecule is N#CN1CCCC2C1C(CCCBr)CN1C(=O)CCCC21. The molecule has 116 valence electrons. The van der Waals surface area contributed by atoms with Crippen molar-refractivity contribution in [3.63, 3.8) is 0 Å². The first-order valence-electron chi connectivity index (χ1n) is 8.28. The topological polar surface area (TPSA) is 47.3 Å². The molecule has 21 heavy (non-hydrogen) atoms. The van der Waals surface area contributed by atoms with E-state index in [1.54, 1.807) is 0 Å². The Balaban J connectivity index is 1.85. The summed E-state index contributed by atoms with van der Waals surface area (Å²) < 4.78 is 0. The molecule has 4 unspecified atom stereocenters. The van der Waals surface area contributed by atoms with E-state index in [2.05, 4.69) is 27.0 Å². The van der Waals surface area contributed by atoms with E-state index in [1.165, 1.54) is 6.42 Å². The van der Waals surface area contributed by atoms with Gasteiger partial charge in [-0.15, -0.1) is 0 Å². The van der Waals surface area contributed by atoms with E-state index in [0.29, 0.717) is 29.8 Å². The fourth-order valence-corrected chi connectivity index (χ4v) is 5.10. The summed E-state index contributed by atoms with van der Waals surface area (Å²) >= 11 is 3.52. The number of rotatable bonds is 3. The maximum absolute atomic E-state index is 12.3. The van der Waals surface area contributed by atoms with Gasteiger partial charge in [-0.05, 0) is 44.4 Å². The Morgan fingerprint density at radius 3 is 2.95 bits per heavy atom. The monoisotopic (exact) mass is 353 g/mol. The summed E-state index contributed by atoms with van der Waals surface area (Å²) in [5.74, 6) is 1.32.